The Morgan fingerprint density at radius 3 is 2.39 bits per heavy atom. The third-order valence-electron chi connectivity index (χ3n) is 6.23. The molecular formula is C30H31N5O3. The molecule has 4 aromatic rings. The van der Waals surface area contributed by atoms with Gasteiger partial charge in [-0.1, -0.05) is 66.7 Å². The Morgan fingerprint density at radius 1 is 1.00 bits per heavy atom. The van der Waals surface area contributed by atoms with E-state index in [2.05, 4.69) is 15.4 Å². The fourth-order valence-corrected chi connectivity index (χ4v) is 4.17. The fourth-order valence-electron chi connectivity index (χ4n) is 4.17. The van der Waals surface area contributed by atoms with Crippen LogP contribution >= 0.6 is 0 Å². The molecule has 0 saturated carbocycles. The van der Waals surface area contributed by atoms with Crippen LogP contribution in [0.25, 0.3) is 0 Å². The summed E-state index contributed by atoms with van der Waals surface area (Å²) in [7, 11) is 1.96. The number of aliphatic carboxylic acids is 1. The Hall–Kier alpha value is -4.72. The van der Waals surface area contributed by atoms with Crippen molar-refractivity contribution in [2.45, 2.75) is 18.5 Å². The molecule has 194 valence electrons. The van der Waals surface area contributed by atoms with Gasteiger partial charge in [-0.05, 0) is 41.5 Å². The molecular weight excluding hydrogens is 478 g/mol. The Kier molecular flexibility index (Phi) is 9.02. The van der Waals surface area contributed by atoms with Gasteiger partial charge in [-0.3, -0.25) is 0 Å². The second-order valence-corrected chi connectivity index (χ2v) is 8.87. The molecule has 4 rings (SSSR count). The van der Waals surface area contributed by atoms with Crippen molar-refractivity contribution < 1.29 is 14.6 Å². The van der Waals surface area contributed by atoms with Gasteiger partial charge in [0.05, 0.1) is 6.54 Å². The van der Waals surface area contributed by atoms with Gasteiger partial charge >= 0.3 is 5.97 Å². The number of para-hydroxylation sites is 1. The van der Waals surface area contributed by atoms with E-state index >= 15 is 0 Å². The van der Waals surface area contributed by atoms with Gasteiger partial charge in [0.1, 0.15) is 30.3 Å². The molecule has 38 heavy (non-hydrogen) atoms. The average Bonchev–Trinajstić information content (AvgIpc) is 2.96. The van der Waals surface area contributed by atoms with Gasteiger partial charge in [-0.25, -0.2) is 15.3 Å². The lowest BCUT2D eigenvalue weighted by Gasteiger charge is -2.21. The van der Waals surface area contributed by atoms with Crippen LogP contribution in [0.15, 0.2) is 108 Å². The van der Waals surface area contributed by atoms with Crippen LogP contribution < -0.4 is 15.0 Å². The van der Waals surface area contributed by atoms with Crippen molar-refractivity contribution in [3.63, 3.8) is 0 Å². The fraction of sp³-hybridized carbons (Fsp3) is 0.200. The number of benzene rings is 3. The van der Waals surface area contributed by atoms with Crippen molar-refractivity contribution in [2.75, 3.05) is 30.4 Å². The van der Waals surface area contributed by atoms with E-state index in [0.717, 1.165) is 28.3 Å². The van der Waals surface area contributed by atoms with Crippen molar-refractivity contribution in [3.8, 4) is 5.75 Å². The number of ether oxygens (including phenoxy) is 1. The van der Waals surface area contributed by atoms with Gasteiger partial charge in [-0.2, -0.15) is 5.11 Å². The Balaban J connectivity index is 1.39. The molecule has 3 N–H and O–H groups in total. The van der Waals surface area contributed by atoms with Crippen molar-refractivity contribution in [3.05, 3.63) is 120 Å². The third-order valence-corrected chi connectivity index (χ3v) is 6.23. The van der Waals surface area contributed by atoms with Gasteiger partial charge in [0.2, 0.25) is 0 Å². The van der Waals surface area contributed by atoms with Crippen LogP contribution in [-0.2, 0) is 11.2 Å². The van der Waals surface area contributed by atoms with E-state index in [4.69, 9.17) is 10.3 Å². The minimum Gasteiger partial charge on any atom is -0.492 e. The van der Waals surface area contributed by atoms with E-state index in [1.807, 2.05) is 109 Å². The van der Waals surface area contributed by atoms with Crippen molar-refractivity contribution in [2.24, 2.45) is 5.11 Å². The van der Waals surface area contributed by atoms with E-state index in [0.29, 0.717) is 18.8 Å². The number of aromatic nitrogens is 1. The molecule has 2 atom stereocenters. The molecule has 3 aromatic carbocycles. The molecule has 8 heteroatoms. The number of nitrogens with zero attached hydrogens (tertiary/aromatic N) is 3. The van der Waals surface area contributed by atoms with Crippen LogP contribution in [-0.4, -0.2) is 42.3 Å². The summed E-state index contributed by atoms with van der Waals surface area (Å²) in [4.78, 5) is 18.5. The van der Waals surface area contributed by atoms with Gasteiger partial charge in [0.15, 0.2) is 0 Å². The minimum atomic E-state index is -0.961. The highest BCUT2D eigenvalue weighted by molar-refractivity contribution is 5.78. The maximum absolute atomic E-state index is 12.2. The number of rotatable bonds is 13. The van der Waals surface area contributed by atoms with Crippen LogP contribution in [0.1, 0.15) is 22.7 Å². The highest BCUT2D eigenvalue weighted by atomic mass is 16.5. The molecule has 1 heterocycles. The molecule has 0 radical (unpaired) electrons. The number of carboxylic acid groups (broad SMARTS) is 1. The molecule has 0 aliphatic carbocycles. The Morgan fingerprint density at radius 2 is 1.71 bits per heavy atom. The quantitative estimate of drug-likeness (QED) is 0.196. The molecule has 0 saturated heterocycles. The Bertz CT molecular complexity index is 1320. The summed E-state index contributed by atoms with van der Waals surface area (Å²) in [5, 5.41) is 17.0. The smallest absolute Gasteiger partial charge is 0.326 e. The van der Waals surface area contributed by atoms with Crippen LogP contribution in [0.2, 0.25) is 0 Å². The zero-order chi connectivity index (χ0) is 26.7. The van der Waals surface area contributed by atoms with Crippen molar-refractivity contribution in [1.82, 2.24) is 4.98 Å². The summed E-state index contributed by atoms with van der Waals surface area (Å²) in [5.41, 5.74) is 10.9. The topological polar surface area (TPSA) is 111 Å². The predicted molar refractivity (Wildman–Crippen MR) is 148 cm³/mol. The average molecular weight is 510 g/mol. The molecule has 1 aromatic heterocycles. The monoisotopic (exact) mass is 509 g/mol. The summed E-state index contributed by atoms with van der Waals surface area (Å²) in [6, 6.07) is 28.8. The number of likely N-dealkylation sites (N-methyl/N-ethyl adjacent to an activating group) is 1. The number of carboxylic acids is 1. The zero-order valence-corrected chi connectivity index (χ0v) is 21.2. The lowest BCUT2D eigenvalue weighted by molar-refractivity contribution is -0.137. The van der Waals surface area contributed by atoms with Gasteiger partial charge in [-0.15, -0.1) is 0 Å². The first-order valence-electron chi connectivity index (χ1n) is 12.4. The molecule has 0 aliphatic rings. The first kappa shape index (κ1) is 26.3. The van der Waals surface area contributed by atoms with Gasteiger partial charge < -0.3 is 20.1 Å². The summed E-state index contributed by atoms with van der Waals surface area (Å²) < 4.78 is 5.87. The van der Waals surface area contributed by atoms with Crippen molar-refractivity contribution >= 4 is 17.5 Å². The lowest BCUT2D eigenvalue weighted by Crippen LogP contribution is -2.32. The van der Waals surface area contributed by atoms with Gasteiger partial charge in [0, 0.05) is 30.9 Å². The summed E-state index contributed by atoms with van der Waals surface area (Å²) >= 11 is 0. The van der Waals surface area contributed by atoms with E-state index in [1.165, 1.54) is 0 Å². The van der Waals surface area contributed by atoms with Gasteiger partial charge in [0.25, 0.3) is 0 Å². The minimum absolute atomic E-state index is 0.278. The maximum atomic E-state index is 12.2. The SMILES string of the molecule is CN(CCOc1ccc(CC(Nc2ccccc2C(N=N)c2ccccc2)C(=O)O)cc1)c1ccccn1. The van der Waals surface area contributed by atoms with E-state index < -0.39 is 18.1 Å². The number of anilines is 2. The van der Waals surface area contributed by atoms with Crippen LogP contribution in [0.5, 0.6) is 5.75 Å². The van der Waals surface area contributed by atoms with Crippen molar-refractivity contribution in [1.29, 1.82) is 5.53 Å². The highest BCUT2D eigenvalue weighted by Crippen LogP contribution is 2.32. The number of hydrogen-bond acceptors (Lipinski definition) is 7. The normalized spacial score (nSPS) is 12.2. The van der Waals surface area contributed by atoms with Crippen LogP contribution in [0.4, 0.5) is 11.5 Å². The second kappa shape index (κ2) is 13.0. The number of carbonyl (C=O) groups is 1. The number of nitrogens with one attached hydrogen (secondary N) is 2. The van der Waals surface area contributed by atoms with E-state index in [9.17, 15) is 9.90 Å². The molecule has 0 amide bonds. The predicted octanol–water partition coefficient (Wildman–Crippen LogP) is 5.82. The Labute approximate surface area is 222 Å². The van der Waals surface area contributed by atoms with E-state index in [-0.39, 0.29) is 6.42 Å². The van der Waals surface area contributed by atoms with Crippen LogP contribution in [0, 0.1) is 5.53 Å². The number of pyridine rings is 1. The first-order valence-corrected chi connectivity index (χ1v) is 12.4. The molecule has 0 bridgehead atoms. The third kappa shape index (κ3) is 6.94. The molecule has 2 unspecified atom stereocenters. The van der Waals surface area contributed by atoms with Crippen LogP contribution in [0.3, 0.4) is 0 Å². The zero-order valence-electron chi connectivity index (χ0n) is 21.2. The lowest BCUT2D eigenvalue weighted by atomic mass is 9.97. The number of hydrogen-bond donors (Lipinski definition) is 3. The van der Waals surface area contributed by atoms with E-state index in [1.54, 1.807) is 6.20 Å². The summed E-state index contributed by atoms with van der Waals surface area (Å²) in [5.74, 6) is 0.639. The standard InChI is InChI=1S/C30H31N5O3/c1-35(28-13-7-8-18-32-28)19-20-38-24-16-14-22(15-17-24)21-27(30(36)37)33-26-12-6-5-11-25(26)29(34-31)23-9-3-2-4-10-23/h2-18,27,29,31,33H,19-21H2,1H3,(H,36,37). The molecule has 0 fully saturated rings. The molecule has 8 nitrogen and oxygen atoms in total. The highest BCUT2D eigenvalue weighted by Gasteiger charge is 2.22. The summed E-state index contributed by atoms with van der Waals surface area (Å²) in [6.45, 7) is 1.17. The summed E-state index contributed by atoms with van der Waals surface area (Å²) in [6.07, 6.45) is 2.04. The molecule has 0 spiro atoms. The second-order valence-electron chi connectivity index (χ2n) is 8.87. The molecule has 0 aliphatic heterocycles. The maximum Gasteiger partial charge on any atom is 0.326 e. The first-order chi connectivity index (χ1) is 18.5. The largest absolute Gasteiger partial charge is 0.492 e.